The largest absolute Gasteiger partial charge is 0.487 e. The minimum Gasteiger partial charge on any atom is -0.487 e. The average Bonchev–Trinajstić information content (AvgIpc) is 2.85. The number of anilines is 1. The molecule has 6 nitrogen and oxygen atoms in total. The Kier molecular flexibility index (Phi) is 7.10. The first-order valence-corrected chi connectivity index (χ1v) is 13.5. The zero-order valence-electron chi connectivity index (χ0n) is 20.0. The molecule has 0 spiro atoms. The van der Waals surface area contributed by atoms with Gasteiger partial charge >= 0.3 is 0 Å². The standard InChI is InChI=1S/C27H29ClN2O4S/c1-4-27(5-2)17-24(21-8-6-7-9-25(21)34-27)29-26(31)22-16-19(12-15-23(22)28)30-35(32,33)20-13-10-18(3)11-14-20/h6-16,24,30H,4-5,17H2,1-3H3,(H,29,31)/t24-/m0/s1. The molecule has 2 N–H and O–H groups in total. The summed E-state index contributed by atoms with van der Waals surface area (Å²) >= 11 is 6.36. The van der Waals surface area contributed by atoms with Crippen molar-refractivity contribution in [2.24, 2.45) is 0 Å². The Hall–Kier alpha value is -3.03. The van der Waals surface area contributed by atoms with Crippen LogP contribution in [0.25, 0.3) is 0 Å². The van der Waals surface area contributed by atoms with Gasteiger partial charge in [-0.3, -0.25) is 9.52 Å². The number of nitrogens with one attached hydrogen (secondary N) is 2. The van der Waals surface area contributed by atoms with Crippen LogP contribution in [0.4, 0.5) is 5.69 Å². The monoisotopic (exact) mass is 512 g/mol. The highest BCUT2D eigenvalue weighted by molar-refractivity contribution is 7.92. The van der Waals surface area contributed by atoms with Crippen molar-refractivity contribution in [2.75, 3.05) is 4.72 Å². The molecule has 0 fully saturated rings. The molecule has 0 unspecified atom stereocenters. The Morgan fingerprint density at radius 3 is 2.43 bits per heavy atom. The maximum absolute atomic E-state index is 13.3. The summed E-state index contributed by atoms with van der Waals surface area (Å²) in [6.45, 7) is 6.05. The molecule has 1 amide bonds. The number of para-hydroxylation sites is 1. The van der Waals surface area contributed by atoms with Gasteiger partial charge in [-0.1, -0.05) is 61.3 Å². The molecule has 1 aliphatic heterocycles. The summed E-state index contributed by atoms with van der Waals surface area (Å²) in [7, 11) is -3.82. The van der Waals surface area contributed by atoms with E-state index in [1.54, 1.807) is 12.1 Å². The molecule has 3 aromatic carbocycles. The first-order chi connectivity index (χ1) is 16.7. The van der Waals surface area contributed by atoms with Gasteiger partial charge in [-0.2, -0.15) is 0 Å². The molecule has 35 heavy (non-hydrogen) atoms. The van der Waals surface area contributed by atoms with E-state index in [9.17, 15) is 13.2 Å². The Labute approximate surface area is 211 Å². The van der Waals surface area contributed by atoms with E-state index in [1.807, 2.05) is 31.2 Å². The zero-order chi connectivity index (χ0) is 25.2. The molecule has 8 heteroatoms. The van der Waals surface area contributed by atoms with Crippen LogP contribution in [-0.2, 0) is 10.0 Å². The normalized spacial score (nSPS) is 16.6. The number of hydrogen-bond donors (Lipinski definition) is 2. The summed E-state index contributed by atoms with van der Waals surface area (Å²) in [5.74, 6) is 0.382. The molecular formula is C27H29ClN2O4S. The molecule has 0 saturated carbocycles. The second kappa shape index (κ2) is 9.91. The second-order valence-corrected chi connectivity index (χ2v) is 11.0. The van der Waals surface area contributed by atoms with Crippen molar-refractivity contribution >= 4 is 33.2 Å². The molecule has 4 rings (SSSR count). The van der Waals surface area contributed by atoms with Crippen molar-refractivity contribution < 1.29 is 17.9 Å². The summed E-state index contributed by atoms with van der Waals surface area (Å²) in [6.07, 6.45) is 2.24. The lowest BCUT2D eigenvalue weighted by Gasteiger charge is -2.41. The van der Waals surface area contributed by atoms with Crippen LogP contribution in [0.1, 0.15) is 60.6 Å². The molecule has 1 aliphatic rings. The van der Waals surface area contributed by atoms with Gasteiger partial charge in [0.15, 0.2) is 0 Å². The predicted octanol–water partition coefficient (Wildman–Crippen LogP) is 6.26. The first kappa shape index (κ1) is 25.1. The number of hydrogen-bond acceptors (Lipinski definition) is 4. The van der Waals surface area contributed by atoms with E-state index >= 15 is 0 Å². The molecule has 184 valence electrons. The highest BCUT2D eigenvalue weighted by Gasteiger charge is 2.39. The van der Waals surface area contributed by atoms with Gasteiger partial charge in [0.1, 0.15) is 11.4 Å². The molecule has 3 aromatic rings. The number of sulfonamides is 1. The molecule has 1 atom stereocenters. The van der Waals surface area contributed by atoms with Crippen molar-refractivity contribution in [2.45, 2.75) is 56.6 Å². The van der Waals surface area contributed by atoms with E-state index in [0.717, 1.165) is 29.7 Å². The summed E-state index contributed by atoms with van der Waals surface area (Å²) < 4.78 is 34.5. The third-order valence-electron chi connectivity index (χ3n) is 6.59. The SMILES string of the molecule is CCC1(CC)C[C@H](NC(=O)c2cc(NS(=O)(=O)c3ccc(C)cc3)ccc2Cl)c2ccccc2O1. The topological polar surface area (TPSA) is 84.5 Å². The van der Waals surface area contributed by atoms with Crippen molar-refractivity contribution in [3.8, 4) is 5.75 Å². The number of ether oxygens (including phenoxy) is 1. The molecular weight excluding hydrogens is 484 g/mol. The van der Waals surface area contributed by atoms with Crippen molar-refractivity contribution in [3.05, 3.63) is 88.4 Å². The Balaban J connectivity index is 1.59. The van der Waals surface area contributed by atoms with Crippen LogP contribution < -0.4 is 14.8 Å². The van der Waals surface area contributed by atoms with Gasteiger partial charge in [0, 0.05) is 17.7 Å². The lowest BCUT2D eigenvalue weighted by molar-refractivity contribution is 0.0227. The summed E-state index contributed by atoms with van der Waals surface area (Å²) in [4.78, 5) is 13.5. The Morgan fingerprint density at radius 1 is 1.06 bits per heavy atom. The summed E-state index contributed by atoms with van der Waals surface area (Å²) in [6, 6.07) is 18.5. The van der Waals surface area contributed by atoms with Crippen molar-refractivity contribution in [1.29, 1.82) is 0 Å². The number of rotatable bonds is 7. The maximum Gasteiger partial charge on any atom is 0.261 e. The minimum absolute atomic E-state index is 0.137. The van der Waals surface area contributed by atoms with Gasteiger partial charge < -0.3 is 10.1 Å². The van der Waals surface area contributed by atoms with Gasteiger partial charge in [0.05, 0.1) is 21.5 Å². The molecule has 0 radical (unpaired) electrons. The average molecular weight is 513 g/mol. The van der Waals surface area contributed by atoms with Crippen LogP contribution >= 0.6 is 11.6 Å². The molecule has 0 bridgehead atoms. The van der Waals surface area contributed by atoms with Crippen LogP contribution in [0.3, 0.4) is 0 Å². The first-order valence-electron chi connectivity index (χ1n) is 11.6. The fourth-order valence-corrected chi connectivity index (χ4v) is 5.61. The lowest BCUT2D eigenvalue weighted by Crippen LogP contribution is -2.44. The number of carbonyl (C=O) groups excluding carboxylic acids is 1. The fourth-order valence-electron chi connectivity index (χ4n) is 4.36. The van der Waals surface area contributed by atoms with Gasteiger partial charge in [-0.25, -0.2) is 8.42 Å². The fraction of sp³-hybridized carbons (Fsp3) is 0.296. The van der Waals surface area contributed by atoms with Crippen LogP contribution in [-0.4, -0.2) is 19.9 Å². The van der Waals surface area contributed by atoms with E-state index in [2.05, 4.69) is 23.9 Å². The van der Waals surface area contributed by atoms with E-state index in [1.165, 1.54) is 30.3 Å². The smallest absolute Gasteiger partial charge is 0.261 e. The number of amides is 1. The van der Waals surface area contributed by atoms with Crippen molar-refractivity contribution in [3.63, 3.8) is 0 Å². The Bertz CT molecular complexity index is 1340. The third-order valence-corrected chi connectivity index (χ3v) is 8.31. The lowest BCUT2D eigenvalue weighted by atomic mass is 9.83. The van der Waals surface area contributed by atoms with Gasteiger partial charge in [0.25, 0.3) is 15.9 Å². The quantitative estimate of drug-likeness (QED) is 0.391. The molecule has 0 aromatic heterocycles. The van der Waals surface area contributed by atoms with Gasteiger partial charge in [-0.15, -0.1) is 0 Å². The van der Waals surface area contributed by atoms with E-state index in [0.29, 0.717) is 6.42 Å². The minimum atomic E-state index is -3.82. The summed E-state index contributed by atoms with van der Waals surface area (Å²) in [5, 5.41) is 3.34. The molecule has 0 saturated heterocycles. The number of carbonyl (C=O) groups is 1. The van der Waals surface area contributed by atoms with Gasteiger partial charge in [-0.05, 0) is 56.2 Å². The Morgan fingerprint density at radius 2 is 1.74 bits per heavy atom. The number of benzene rings is 3. The van der Waals surface area contributed by atoms with Crippen LogP contribution in [0.5, 0.6) is 5.75 Å². The maximum atomic E-state index is 13.3. The zero-order valence-corrected chi connectivity index (χ0v) is 21.5. The predicted molar refractivity (Wildman–Crippen MR) is 139 cm³/mol. The highest BCUT2D eigenvalue weighted by atomic mass is 35.5. The second-order valence-electron chi connectivity index (χ2n) is 8.87. The number of fused-ring (bicyclic) bond motifs is 1. The van der Waals surface area contributed by atoms with Crippen LogP contribution in [0, 0.1) is 6.92 Å². The molecule has 1 heterocycles. The molecule has 0 aliphatic carbocycles. The van der Waals surface area contributed by atoms with Crippen LogP contribution in [0.2, 0.25) is 5.02 Å². The number of aryl methyl sites for hydroxylation is 1. The van der Waals surface area contributed by atoms with E-state index in [-0.39, 0.29) is 38.7 Å². The van der Waals surface area contributed by atoms with Gasteiger partial charge in [0.2, 0.25) is 0 Å². The van der Waals surface area contributed by atoms with Crippen LogP contribution in [0.15, 0.2) is 71.6 Å². The van der Waals surface area contributed by atoms with E-state index < -0.39 is 10.0 Å². The van der Waals surface area contributed by atoms with E-state index in [4.69, 9.17) is 16.3 Å². The number of halogens is 1. The van der Waals surface area contributed by atoms with Crippen molar-refractivity contribution in [1.82, 2.24) is 5.32 Å². The third kappa shape index (κ3) is 5.31. The highest BCUT2D eigenvalue weighted by Crippen LogP contribution is 2.42. The summed E-state index contributed by atoms with van der Waals surface area (Å²) in [5.41, 5.74) is 1.94.